The number of rotatable bonds is 17. The molecule has 0 atom stereocenters. The van der Waals surface area contributed by atoms with Gasteiger partial charge >= 0.3 is 5.97 Å². The molecule has 0 unspecified atom stereocenters. The van der Waals surface area contributed by atoms with E-state index in [9.17, 15) is 4.79 Å². The zero-order valence-electron chi connectivity index (χ0n) is 22.8. The summed E-state index contributed by atoms with van der Waals surface area (Å²) in [6.07, 6.45) is 16.2. The maximum Gasteiger partial charge on any atom is 0.305 e. The van der Waals surface area contributed by atoms with Gasteiger partial charge in [-0.15, -0.1) is 12.3 Å². The number of carbonyl (C=O) groups is 1. The van der Waals surface area contributed by atoms with Gasteiger partial charge in [0.25, 0.3) is 8.32 Å². The lowest BCUT2D eigenvalue weighted by Gasteiger charge is -2.43. The monoisotopic (exact) mass is 506 g/mol. The molecule has 0 aliphatic rings. The van der Waals surface area contributed by atoms with Crippen LogP contribution in [0.1, 0.15) is 91.4 Å². The molecule has 4 heteroatoms. The van der Waals surface area contributed by atoms with Crippen molar-refractivity contribution in [3.8, 4) is 12.3 Å². The van der Waals surface area contributed by atoms with Crippen LogP contribution in [0.2, 0.25) is 5.04 Å². The molecule has 0 N–H and O–H groups in total. The Labute approximate surface area is 221 Å². The number of hydrogen-bond acceptors (Lipinski definition) is 3. The number of ether oxygens (including phenoxy) is 1. The van der Waals surface area contributed by atoms with E-state index >= 15 is 0 Å². The van der Waals surface area contributed by atoms with E-state index in [2.05, 4.69) is 87.4 Å². The van der Waals surface area contributed by atoms with E-state index in [-0.39, 0.29) is 11.0 Å². The fourth-order valence-electron chi connectivity index (χ4n) is 4.83. The molecule has 0 saturated carbocycles. The van der Waals surface area contributed by atoms with Gasteiger partial charge in [-0.2, -0.15) is 0 Å². The van der Waals surface area contributed by atoms with Crippen molar-refractivity contribution in [1.82, 2.24) is 0 Å². The summed E-state index contributed by atoms with van der Waals surface area (Å²) in [6.45, 7) is 8.14. The first-order valence-electron chi connectivity index (χ1n) is 13.8. The number of unbranched alkanes of at least 4 members (excludes halogenated alkanes) is 8. The zero-order chi connectivity index (χ0) is 26.1. The normalized spacial score (nSPS) is 11.7. The molecule has 196 valence electrons. The summed E-state index contributed by atoms with van der Waals surface area (Å²) >= 11 is 0. The van der Waals surface area contributed by atoms with Crippen LogP contribution in [-0.2, 0) is 14.0 Å². The molecular weight excluding hydrogens is 460 g/mol. The molecule has 0 amide bonds. The first-order chi connectivity index (χ1) is 17.4. The SMILES string of the molecule is C#CCCCCCCCCOC(=O)CCCCCO[Si](c1ccccc1)(c1ccccc1)C(C)(C)C. The third-order valence-corrected chi connectivity index (χ3v) is 11.8. The number of benzene rings is 2. The lowest BCUT2D eigenvalue weighted by molar-refractivity contribution is -0.143. The van der Waals surface area contributed by atoms with E-state index in [4.69, 9.17) is 15.6 Å². The number of carbonyl (C=O) groups excluding carboxylic acids is 1. The van der Waals surface area contributed by atoms with E-state index < -0.39 is 8.32 Å². The average molecular weight is 507 g/mol. The largest absolute Gasteiger partial charge is 0.466 e. The van der Waals surface area contributed by atoms with Crippen LogP contribution in [0.25, 0.3) is 0 Å². The van der Waals surface area contributed by atoms with E-state index in [1.165, 1.54) is 29.6 Å². The molecule has 0 spiro atoms. The molecular formula is C32H46O3Si. The molecule has 0 aromatic heterocycles. The molecule has 0 aliphatic heterocycles. The van der Waals surface area contributed by atoms with Crippen molar-refractivity contribution in [3.05, 3.63) is 60.7 Å². The molecule has 0 heterocycles. The Morgan fingerprint density at radius 2 is 1.25 bits per heavy atom. The van der Waals surface area contributed by atoms with Gasteiger partial charge in [0.2, 0.25) is 0 Å². The van der Waals surface area contributed by atoms with Crippen LogP contribution in [0, 0.1) is 12.3 Å². The summed E-state index contributed by atoms with van der Waals surface area (Å²) in [4.78, 5) is 12.1. The summed E-state index contributed by atoms with van der Waals surface area (Å²) in [7, 11) is -2.47. The maximum absolute atomic E-state index is 12.1. The van der Waals surface area contributed by atoms with E-state index in [0.29, 0.717) is 19.6 Å². The Morgan fingerprint density at radius 1 is 0.750 bits per heavy atom. The second-order valence-corrected chi connectivity index (χ2v) is 14.9. The number of terminal acetylenes is 1. The predicted octanol–water partition coefficient (Wildman–Crippen LogP) is 7.03. The van der Waals surface area contributed by atoms with Crippen LogP contribution >= 0.6 is 0 Å². The second kappa shape index (κ2) is 16.4. The molecule has 0 radical (unpaired) electrons. The van der Waals surface area contributed by atoms with Crippen molar-refractivity contribution in [1.29, 1.82) is 0 Å². The summed E-state index contributed by atoms with van der Waals surface area (Å²) in [6, 6.07) is 21.5. The van der Waals surface area contributed by atoms with Gasteiger partial charge in [0.15, 0.2) is 0 Å². The van der Waals surface area contributed by atoms with Crippen LogP contribution in [0.15, 0.2) is 60.7 Å². The van der Waals surface area contributed by atoms with Crippen molar-refractivity contribution in [2.45, 2.75) is 96.4 Å². The smallest absolute Gasteiger partial charge is 0.305 e. The topological polar surface area (TPSA) is 35.5 Å². The van der Waals surface area contributed by atoms with Gasteiger partial charge in [-0.3, -0.25) is 4.79 Å². The Bertz CT molecular complexity index is 857. The summed E-state index contributed by atoms with van der Waals surface area (Å²) < 4.78 is 12.3. The van der Waals surface area contributed by atoms with Gasteiger partial charge < -0.3 is 9.16 Å². The van der Waals surface area contributed by atoms with Gasteiger partial charge in [0, 0.05) is 19.4 Å². The molecule has 2 rings (SSSR count). The Balaban J connectivity index is 1.74. The third-order valence-electron chi connectivity index (χ3n) is 6.74. The van der Waals surface area contributed by atoms with E-state index in [1.54, 1.807) is 0 Å². The molecule has 0 fully saturated rings. The minimum Gasteiger partial charge on any atom is -0.466 e. The van der Waals surface area contributed by atoms with Gasteiger partial charge in [0.05, 0.1) is 6.61 Å². The third kappa shape index (κ3) is 9.60. The van der Waals surface area contributed by atoms with E-state index in [0.717, 1.165) is 44.9 Å². The highest BCUT2D eigenvalue weighted by Gasteiger charge is 2.49. The Hall–Kier alpha value is -2.35. The Kier molecular flexibility index (Phi) is 13.6. The van der Waals surface area contributed by atoms with Gasteiger partial charge in [-0.25, -0.2) is 0 Å². The highest BCUT2D eigenvalue weighted by molar-refractivity contribution is 6.99. The first kappa shape index (κ1) is 29.9. The van der Waals surface area contributed by atoms with Crippen molar-refractivity contribution in [2.75, 3.05) is 13.2 Å². The fourth-order valence-corrected chi connectivity index (χ4v) is 9.44. The van der Waals surface area contributed by atoms with Crippen molar-refractivity contribution >= 4 is 24.7 Å². The molecule has 2 aromatic rings. The second-order valence-electron chi connectivity index (χ2n) is 10.6. The highest BCUT2D eigenvalue weighted by atomic mass is 28.4. The van der Waals surface area contributed by atoms with Crippen molar-refractivity contribution in [2.24, 2.45) is 0 Å². The van der Waals surface area contributed by atoms with E-state index in [1.807, 2.05) is 0 Å². The van der Waals surface area contributed by atoms with Gasteiger partial charge in [-0.1, -0.05) is 114 Å². The lowest BCUT2D eigenvalue weighted by atomic mass is 10.1. The quantitative estimate of drug-likeness (QED) is 0.1000. The van der Waals surface area contributed by atoms with Gasteiger partial charge in [0.1, 0.15) is 0 Å². The van der Waals surface area contributed by atoms with Crippen LogP contribution < -0.4 is 10.4 Å². The minimum atomic E-state index is -2.47. The van der Waals surface area contributed by atoms with Gasteiger partial charge in [-0.05, 0) is 41.1 Å². The fraction of sp³-hybridized carbons (Fsp3) is 0.531. The molecule has 0 saturated heterocycles. The van der Waals surface area contributed by atoms with Crippen LogP contribution in [0.3, 0.4) is 0 Å². The molecule has 36 heavy (non-hydrogen) atoms. The van der Waals surface area contributed by atoms with Crippen LogP contribution in [0.4, 0.5) is 0 Å². The highest BCUT2D eigenvalue weighted by Crippen LogP contribution is 2.36. The van der Waals surface area contributed by atoms with Crippen LogP contribution in [-0.4, -0.2) is 27.5 Å². The number of hydrogen-bond donors (Lipinski definition) is 0. The molecule has 3 nitrogen and oxygen atoms in total. The summed E-state index contributed by atoms with van der Waals surface area (Å²) in [5.41, 5.74) is 0. The van der Waals surface area contributed by atoms with Crippen LogP contribution in [0.5, 0.6) is 0 Å². The molecule has 2 aromatic carbocycles. The summed E-state index contributed by atoms with van der Waals surface area (Å²) in [5, 5.41) is 2.60. The zero-order valence-corrected chi connectivity index (χ0v) is 23.8. The first-order valence-corrected chi connectivity index (χ1v) is 15.7. The average Bonchev–Trinajstić information content (AvgIpc) is 2.87. The standard InChI is InChI=1S/C32H46O3Si/c1-5-6-7-8-9-10-11-20-27-34-31(33)26-19-14-21-28-35-36(32(2,3)4,29-22-15-12-16-23-29)30-24-17-13-18-25-30/h1,12-13,15-18,22-25H,6-11,14,19-21,26-28H2,2-4H3. The number of esters is 1. The minimum absolute atomic E-state index is 0.0127. The Morgan fingerprint density at radius 3 is 1.81 bits per heavy atom. The van der Waals surface area contributed by atoms with Crippen molar-refractivity contribution in [3.63, 3.8) is 0 Å². The predicted molar refractivity (Wildman–Crippen MR) is 154 cm³/mol. The lowest BCUT2D eigenvalue weighted by Crippen LogP contribution is -2.66. The molecule has 0 aliphatic carbocycles. The maximum atomic E-state index is 12.1. The summed E-state index contributed by atoms with van der Waals surface area (Å²) in [5.74, 6) is 2.61. The molecule has 0 bridgehead atoms. The van der Waals surface area contributed by atoms with Crippen molar-refractivity contribution < 1.29 is 14.0 Å².